The van der Waals surface area contributed by atoms with E-state index >= 15 is 0 Å². The van der Waals surface area contributed by atoms with Gasteiger partial charge >= 0.3 is 5.97 Å². The fourth-order valence-corrected chi connectivity index (χ4v) is 4.51. The number of carbonyl (C=O) groups is 4. The number of rotatable bonds is 10. The molecular weight excluding hydrogens is 514 g/mol. The van der Waals surface area contributed by atoms with Gasteiger partial charge < -0.3 is 36.0 Å². The van der Waals surface area contributed by atoms with Gasteiger partial charge in [-0.1, -0.05) is 12.1 Å². The molecule has 0 radical (unpaired) electrons. The van der Waals surface area contributed by atoms with E-state index in [0.717, 1.165) is 42.2 Å². The van der Waals surface area contributed by atoms with Crippen LogP contribution >= 0.6 is 11.3 Å². The van der Waals surface area contributed by atoms with Crippen molar-refractivity contribution in [2.45, 2.75) is 19.4 Å². The summed E-state index contributed by atoms with van der Waals surface area (Å²) in [6.07, 6.45) is 0.507. The van der Waals surface area contributed by atoms with E-state index in [-0.39, 0.29) is 40.1 Å². The Balaban J connectivity index is 1.61. The van der Waals surface area contributed by atoms with Gasteiger partial charge in [0, 0.05) is 24.7 Å². The van der Waals surface area contributed by atoms with Crippen LogP contribution in [0.25, 0.3) is 0 Å². The quantitative estimate of drug-likeness (QED) is 0.211. The van der Waals surface area contributed by atoms with Crippen molar-refractivity contribution in [3.63, 3.8) is 0 Å². The van der Waals surface area contributed by atoms with E-state index in [1.807, 2.05) is 6.07 Å². The smallest absolute Gasteiger partial charge is 0.330 e. The number of phenols is 3. The van der Waals surface area contributed by atoms with Gasteiger partial charge in [-0.25, -0.2) is 4.79 Å². The fourth-order valence-electron chi connectivity index (χ4n) is 3.52. The first kappa shape index (κ1) is 28.0. The maximum Gasteiger partial charge on any atom is 0.330 e. The van der Waals surface area contributed by atoms with E-state index in [9.17, 15) is 34.5 Å². The lowest BCUT2D eigenvalue weighted by Gasteiger charge is -2.17. The molecule has 0 saturated carbocycles. The lowest BCUT2D eigenvalue weighted by molar-refractivity contribution is -0.142. The van der Waals surface area contributed by atoms with Gasteiger partial charge in [-0.3, -0.25) is 14.4 Å². The monoisotopic (exact) mass is 541 g/mol. The van der Waals surface area contributed by atoms with Crippen molar-refractivity contribution < 1.29 is 39.2 Å². The summed E-state index contributed by atoms with van der Waals surface area (Å²) < 4.78 is 4.73. The Hall–Kier alpha value is -4.58. The minimum atomic E-state index is -1.25. The third kappa shape index (κ3) is 7.46. The maximum absolute atomic E-state index is 12.9. The summed E-state index contributed by atoms with van der Waals surface area (Å²) in [4.78, 5) is 50.7. The van der Waals surface area contributed by atoms with Crippen molar-refractivity contribution in [2.75, 3.05) is 20.2 Å². The number of amides is 3. The molecule has 12 heteroatoms. The van der Waals surface area contributed by atoms with Crippen LogP contribution in [-0.4, -0.2) is 65.3 Å². The summed E-state index contributed by atoms with van der Waals surface area (Å²) in [6.45, 7) is 1.64. The first-order valence-corrected chi connectivity index (χ1v) is 12.3. The largest absolute Gasteiger partial charge is 0.508 e. The number of carbonyl (C=O) groups excluding carboxylic acids is 4. The summed E-state index contributed by atoms with van der Waals surface area (Å²) in [7, 11) is 1.13. The average Bonchev–Trinajstić information content (AvgIpc) is 3.27. The zero-order valence-corrected chi connectivity index (χ0v) is 21.4. The molecule has 3 aromatic rings. The summed E-state index contributed by atoms with van der Waals surface area (Å²) in [5.41, 5.74) is 1.33. The number of aryl methyl sites for hydroxylation is 1. The first-order valence-electron chi connectivity index (χ1n) is 11.4. The Bertz CT molecular complexity index is 1330. The number of benzene rings is 2. The highest BCUT2D eigenvalue weighted by molar-refractivity contribution is 7.16. The van der Waals surface area contributed by atoms with Crippen LogP contribution in [0.2, 0.25) is 0 Å². The van der Waals surface area contributed by atoms with Gasteiger partial charge in [0.2, 0.25) is 0 Å². The number of methoxy groups -OCH3 is 1. The van der Waals surface area contributed by atoms with Crippen LogP contribution in [-0.2, 0) is 16.0 Å². The topological polar surface area (TPSA) is 174 Å². The Morgan fingerprint density at radius 1 is 0.895 bits per heavy atom. The van der Waals surface area contributed by atoms with Gasteiger partial charge in [-0.2, -0.15) is 0 Å². The van der Waals surface area contributed by atoms with Crippen molar-refractivity contribution in [3.8, 4) is 17.2 Å². The first-order chi connectivity index (χ1) is 18.1. The van der Waals surface area contributed by atoms with Crippen molar-refractivity contribution in [1.29, 1.82) is 0 Å². The maximum atomic E-state index is 12.9. The van der Waals surface area contributed by atoms with Crippen molar-refractivity contribution >= 4 is 35.0 Å². The molecule has 0 saturated heterocycles. The predicted molar refractivity (Wildman–Crippen MR) is 139 cm³/mol. The van der Waals surface area contributed by atoms with Gasteiger partial charge in [0.1, 0.15) is 23.3 Å². The van der Waals surface area contributed by atoms with Crippen molar-refractivity contribution in [2.24, 2.45) is 0 Å². The number of hydrogen-bond acceptors (Lipinski definition) is 9. The van der Waals surface area contributed by atoms with Crippen LogP contribution < -0.4 is 16.0 Å². The second kappa shape index (κ2) is 12.6. The molecule has 1 heterocycles. The standard InChI is InChI=1S/C26H27N3O8S/c1-14-8-21(24(34)27-7-6-15-4-3-5-17(30)9-15)38-22(14)25(35)29-20(26(36)37-2)13-28-23(33)16-10-18(31)12-19(32)11-16/h3-5,8-12,20,30-32H,6-7,13H2,1-2H3,(H,27,34)(H,28,33)(H,29,35)/t20-/m0/s1. The van der Waals surface area contributed by atoms with Gasteiger partial charge in [-0.05, 0) is 54.8 Å². The number of nitrogens with one attached hydrogen (secondary N) is 3. The Kier molecular flexibility index (Phi) is 9.28. The Labute approximate surface area is 222 Å². The second-order valence-corrected chi connectivity index (χ2v) is 9.35. The molecule has 3 amide bonds. The highest BCUT2D eigenvalue weighted by Crippen LogP contribution is 2.23. The van der Waals surface area contributed by atoms with E-state index in [2.05, 4.69) is 16.0 Å². The van der Waals surface area contributed by atoms with Crippen LogP contribution in [0.5, 0.6) is 17.2 Å². The molecule has 0 aliphatic heterocycles. The normalized spacial score (nSPS) is 11.3. The summed E-state index contributed by atoms with van der Waals surface area (Å²) >= 11 is 0.951. The molecule has 0 aliphatic carbocycles. The number of thiophene rings is 1. The Morgan fingerprint density at radius 3 is 2.26 bits per heavy atom. The molecular formula is C26H27N3O8S. The average molecular weight is 542 g/mol. The SMILES string of the molecule is COC(=O)[C@H](CNC(=O)c1cc(O)cc(O)c1)NC(=O)c1sc(C(=O)NCCc2cccc(O)c2)cc1C. The molecule has 2 aromatic carbocycles. The predicted octanol–water partition coefficient (Wildman–Crippen LogP) is 1.85. The molecule has 6 N–H and O–H groups in total. The molecule has 11 nitrogen and oxygen atoms in total. The third-order valence-corrected chi connectivity index (χ3v) is 6.61. The molecule has 0 bridgehead atoms. The van der Waals surface area contributed by atoms with E-state index in [1.165, 1.54) is 0 Å². The molecule has 1 aromatic heterocycles. The van der Waals surface area contributed by atoms with Crippen LogP contribution in [0.3, 0.4) is 0 Å². The molecule has 0 fully saturated rings. The van der Waals surface area contributed by atoms with Crippen LogP contribution in [0.15, 0.2) is 48.5 Å². The molecule has 0 aliphatic rings. The molecule has 1 atom stereocenters. The summed E-state index contributed by atoms with van der Waals surface area (Å²) in [5, 5.41) is 36.4. The van der Waals surface area contributed by atoms with Gasteiger partial charge in [0.15, 0.2) is 0 Å². The number of ether oxygens (including phenoxy) is 1. The third-order valence-electron chi connectivity index (χ3n) is 5.38. The Morgan fingerprint density at radius 2 is 1.61 bits per heavy atom. The number of hydrogen-bond donors (Lipinski definition) is 6. The zero-order valence-electron chi connectivity index (χ0n) is 20.6. The molecule has 0 spiro atoms. The van der Waals surface area contributed by atoms with Gasteiger partial charge in [0.25, 0.3) is 17.7 Å². The van der Waals surface area contributed by atoms with E-state index < -0.39 is 23.8 Å². The fraction of sp³-hybridized carbons (Fsp3) is 0.231. The summed E-state index contributed by atoms with van der Waals surface area (Å²) in [6, 6.07) is 10.3. The van der Waals surface area contributed by atoms with Crippen molar-refractivity contribution in [3.05, 3.63) is 75.0 Å². The van der Waals surface area contributed by atoms with Crippen molar-refractivity contribution in [1.82, 2.24) is 16.0 Å². The van der Waals surface area contributed by atoms with E-state index in [0.29, 0.717) is 23.4 Å². The molecule has 38 heavy (non-hydrogen) atoms. The van der Waals surface area contributed by atoms with Gasteiger partial charge in [-0.15, -0.1) is 11.3 Å². The van der Waals surface area contributed by atoms with Crippen LogP contribution in [0.4, 0.5) is 0 Å². The van der Waals surface area contributed by atoms with E-state index in [4.69, 9.17) is 4.74 Å². The lowest BCUT2D eigenvalue weighted by Crippen LogP contribution is -2.48. The lowest BCUT2D eigenvalue weighted by atomic mass is 10.1. The number of phenolic OH excluding ortho intramolecular Hbond substituents is 3. The second-order valence-electron chi connectivity index (χ2n) is 8.30. The molecule has 0 unspecified atom stereocenters. The number of aromatic hydroxyl groups is 3. The highest BCUT2D eigenvalue weighted by Gasteiger charge is 2.26. The minimum absolute atomic E-state index is 0.0498. The van der Waals surface area contributed by atoms with Gasteiger partial charge in [0.05, 0.1) is 16.9 Å². The van der Waals surface area contributed by atoms with E-state index in [1.54, 1.807) is 31.2 Å². The zero-order chi connectivity index (χ0) is 27.8. The number of esters is 1. The van der Waals surface area contributed by atoms with Crippen LogP contribution in [0.1, 0.15) is 40.8 Å². The molecule has 200 valence electrons. The summed E-state index contributed by atoms with van der Waals surface area (Å²) in [5.74, 6) is -3.01. The minimum Gasteiger partial charge on any atom is -0.508 e. The molecule has 3 rings (SSSR count). The van der Waals surface area contributed by atoms with Crippen LogP contribution in [0, 0.1) is 6.92 Å². The highest BCUT2D eigenvalue weighted by atomic mass is 32.1.